The van der Waals surface area contributed by atoms with E-state index in [4.69, 9.17) is 19.7 Å². The van der Waals surface area contributed by atoms with Crippen LogP contribution in [0.2, 0.25) is 0 Å². The fourth-order valence-electron chi connectivity index (χ4n) is 5.36. The van der Waals surface area contributed by atoms with Gasteiger partial charge in [0, 0.05) is 11.1 Å². The molecule has 2 aliphatic carbocycles. The monoisotopic (exact) mass is 479 g/mol. The maximum atomic E-state index is 9.88. The van der Waals surface area contributed by atoms with Crippen molar-refractivity contribution in [3.8, 4) is 45.5 Å². The molecule has 0 heterocycles. The van der Waals surface area contributed by atoms with E-state index in [2.05, 4.69) is 26.7 Å². The zero-order valence-electron chi connectivity index (χ0n) is 19.7. The topological polar surface area (TPSA) is 60.7 Å². The van der Waals surface area contributed by atoms with Gasteiger partial charge in [-0.1, -0.05) is 60.7 Å². The van der Waals surface area contributed by atoms with Gasteiger partial charge in [-0.3, -0.25) is 0 Å². The highest BCUT2D eigenvalue weighted by molar-refractivity contribution is 6.11. The summed E-state index contributed by atoms with van der Waals surface area (Å²) in [6, 6.07) is 29.0. The Bertz CT molecular complexity index is 1970. The molecule has 0 radical (unpaired) electrons. The van der Waals surface area contributed by atoms with Crippen molar-refractivity contribution in [2.75, 3.05) is 0 Å². The number of rotatable bonds is 1. The lowest BCUT2D eigenvalue weighted by atomic mass is 9.95. The summed E-state index contributed by atoms with van der Waals surface area (Å²) in [5.74, 6) is 0. The largest absolute Gasteiger partial charge is 0.270 e. The maximum absolute atomic E-state index is 9.88. The number of hydrogen-bond donors (Lipinski definition) is 0. The third-order valence-corrected chi connectivity index (χ3v) is 7.00. The van der Waals surface area contributed by atoms with Crippen LogP contribution in [-0.4, -0.2) is 0 Å². The molecule has 5 heteroatoms. The van der Waals surface area contributed by atoms with E-state index in [1.165, 1.54) is 0 Å². The molecule has 170 valence electrons. The van der Waals surface area contributed by atoms with Crippen LogP contribution < -0.4 is 0 Å². The van der Waals surface area contributed by atoms with Crippen LogP contribution in [0.15, 0.2) is 90.3 Å². The highest BCUT2D eigenvalue weighted by atomic mass is 14.7. The molecule has 0 spiro atoms. The van der Waals surface area contributed by atoms with Gasteiger partial charge in [-0.25, -0.2) is 25.1 Å². The zero-order valence-corrected chi connectivity index (χ0v) is 19.7. The normalized spacial score (nSPS) is 14.3. The SMILES string of the molecule is [C-]#[N+]C(C#N)=C1c2ccccc2-c2cc3c(cc21)-c1ccc(-c2ccc([N+]#[C-])cc2)cc1C3=C(C#N)[N+]#[C-]. The van der Waals surface area contributed by atoms with Gasteiger partial charge < -0.3 is 0 Å². The molecule has 0 N–H and O–H groups in total. The second-order valence-electron chi connectivity index (χ2n) is 8.80. The Kier molecular flexibility index (Phi) is 4.98. The number of hydrogen-bond acceptors (Lipinski definition) is 2. The summed E-state index contributed by atoms with van der Waals surface area (Å²) in [6.45, 7) is 22.5. The predicted molar refractivity (Wildman–Crippen MR) is 145 cm³/mol. The molecule has 4 aromatic rings. The molecule has 4 aromatic carbocycles. The molecule has 6 rings (SSSR count). The number of nitrogens with zero attached hydrogens (tertiary/aromatic N) is 5. The molecule has 0 amide bonds. The molecular weight excluding hydrogens is 466 g/mol. The van der Waals surface area contributed by atoms with Crippen LogP contribution in [0.3, 0.4) is 0 Å². The lowest BCUT2D eigenvalue weighted by Gasteiger charge is -2.09. The van der Waals surface area contributed by atoms with Crippen LogP contribution >= 0.6 is 0 Å². The lowest BCUT2D eigenvalue weighted by Crippen LogP contribution is -1.89. The minimum atomic E-state index is 0.00590. The summed E-state index contributed by atoms with van der Waals surface area (Å²) >= 11 is 0. The Balaban J connectivity index is 1.65. The molecule has 0 saturated carbocycles. The molecule has 0 aromatic heterocycles. The Hall–Kier alpha value is -6.19. The first-order valence-electron chi connectivity index (χ1n) is 11.6. The zero-order chi connectivity index (χ0) is 26.4. The quantitative estimate of drug-likeness (QED) is 0.176. The van der Waals surface area contributed by atoms with E-state index in [0.717, 1.165) is 55.6 Å². The summed E-state index contributed by atoms with van der Waals surface area (Å²) < 4.78 is 0. The van der Waals surface area contributed by atoms with Gasteiger partial charge in [0.2, 0.25) is 0 Å². The van der Waals surface area contributed by atoms with Crippen molar-refractivity contribution in [2.45, 2.75) is 0 Å². The van der Waals surface area contributed by atoms with Crippen LogP contribution in [0, 0.1) is 42.4 Å². The standard InChI is InChI=1S/C33H13N5/c1-36-21-11-8-19(9-12-21)20-10-13-23-26-16-28-25(15-29(26)33(27(23)14-20)31(18-35)38-3)22-6-4-5-7-24(22)32(28)30(17-34)37-2/h4-16H. The molecule has 2 aliphatic rings. The van der Waals surface area contributed by atoms with Crippen LogP contribution in [0.1, 0.15) is 22.3 Å². The fraction of sp³-hybridized carbons (Fsp3) is 0. The van der Waals surface area contributed by atoms with Gasteiger partial charge in [0.25, 0.3) is 11.4 Å². The molecule has 0 aliphatic heterocycles. The van der Waals surface area contributed by atoms with Gasteiger partial charge >= 0.3 is 0 Å². The second kappa shape index (κ2) is 8.48. The molecule has 5 nitrogen and oxygen atoms in total. The van der Waals surface area contributed by atoms with E-state index in [-0.39, 0.29) is 11.4 Å². The van der Waals surface area contributed by atoms with Crippen LogP contribution in [0.25, 0.3) is 59.1 Å². The minimum Gasteiger partial charge on any atom is -0.238 e. The molecule has 0 saturated heterocycles. The van der Waals surface area contributed by atoms with Crippen LogP contribution in [-0.2, 0) is 0 Å². The van der Waals surface area contributed by atoms with E-state index in [0.29, 0.717) is 16.8 Å². The molecule has 0 unspecified atom stereocenters. The van der Waals surface area contributed by atoms with Crippen molar-refractivity contribution < 1.29 is 0 Å². The third-order valence-electron chi connectivity index (χ3n) is 7.00. The molecule has 0 atom stereocenters. The van der Waals surface area contributed by atoms with E-state index in [1.807, 2.05) is 66.7 Å². The Morgan fingerprint density at radius 3 is 1.58 bits per heavy atom. The van der Waals surface area contributed by atoms with Crippen molar-refractivity contribution in [1.29, 1.82) is 10.5 Å². The van der Waals surface area contributed by atoms with Crippen molar-refractivity contribution in [2.24, 2.45) is 0 Å². The van der Waals surface area contributed by atoms with E-state index in [1.54, 1.807) is 12.1 Å². The summed E-state index contributed by atoms with van der Waals surface area (Å²) in [5.41, 5.74) is 10.3. The highest BCUT2D eigenvalue weighted by Crippen LogP contribution is 2.54. The minimum absolute atomic E-state index is 0.00590. The Labute approximate surface area is 219 Å². The van der Waals surface area contributed by atoms with Crippen LogP contribution in [0.5, 0.6) is 0 Å². The molecule has 0 bridgehead atoms. The summed E-state index contributed by atoms with van der Waals surface area (Å²) in [7, 11) is 0. The van der Waals surface area contributed by atoms with E-state index in [9.17, 15) is 10.5 Å². The number of allylic oxidation sites excluding steroid dienone is 2. The van der Waals surface area contributed by atoms with Gasteiger partial charge in [-0.2, -0.15) is 0 Å². The average Bonchev–Trinajstić information content (AvgIpc) is 3.46. The number of nitriles is 2. The van der Waals surface area contributed by atoms with E-state index >= 15 is 0 Å². The third kappa shape index (κ3) is 3.07. The summed E-state index contributed by atoms with van der Waals surface area (Å²) in [6.07, 6.45) is 0. The lowest BCUT2D eigenvalue weighted by molar-refractivity contribution is 1.49. The van der Waals surface area contributed by atoms with Crippen molar-refractivity contribution >= 4 is 16.8 Å². The highest BCUT2D eigenvalue weighted by Gasteiger charge is 2.33. The predicted octanol–water partition coefficient (Wildman–Crippen LogP) is 8.27. The molecular formula is C33H13N5. The molecule has 0 fully saturated rings. The van der Waals surface area contributed by atoms with E-state index < -0.39 is 0 Å². The first-order chi connectivity index (χ1) is 18.6. The van der Waals surface area contributed by atoms with Crippen molar-refractivity contribution in [3.63, 3.8) is 0 Å². The number of benzene rings is 4. The first-order valence-corrected chi connectivity index (χ1v) is 11.6. The average molecular weight is 480 g/mol. The summed E-state index contributed by atoms with van der Waals surface area (Å²) in [4.78, 5) is 10.5. The van der Waals surface area contributed by atoms with Gasteiger partial charge in [-0.05, 0) is 73.8 Å². The second-order valence-corrected chi connectivity index (χ2v) is 8.80. The van der Waals surface area contributed by atoms with Crippen LogP contribution in [0.4, 0.5) is 5.69 Å². The molecule has 38 heavy (non-hydrogen) atoms. The van der Waals surface area contributed by atoms with Gasteiger partial charge in [0.05, 0.1) is 31.9 Å². The Morgan fingerprint density at radius 1 is 0.526 bits per heavy atom. The smallest absolute Gasteiger partial charge is 0.238 e. The van der Waals surface area contributed by atoms with Gasteiger partial charge in [0.1, 0.15) is 0 Å². The van der Waals surface area contributed by atoms with Crippen molar-refractivity contribution in [3.05, 3.63) is 147 Å². The maximum Gasteiger partial charge on any atom is 0.270 e. The fourth-order valence-corrected chi connectivity index (χ4v) is 5.36. The van der Waals surface area contributed by atoms with Crippen molar-refractivity contribution in [1.82, 2.24) is 0 Å². The summed E-state index contributed by atoms with van der Waals surface area (Å²) in [5, 5.41) is 19.6. The van der Waals surface area contributed by atoms with Gasteiger partial charge in [0.15, 0.2) is 5.69 Å². The number of fused-ring (bicyclic) bond motifs is 6. The first kappa shape index (κ1) is 22.3. The Morgan fingerprint density at radius 2 is 1.03 bits per heavy atom. The van der Waals surface area contributed by atoms with Gasteiger partial charge in [-0.15, -0.1) is 0 Å².